The van der Waals surface area contributed by atoms with E-state index in [2.05, 4.69) is 20.8 Å². The van der Waals surface area contributed by atoms with Crippen LogP contribution in [0.25, 0.3) is 0 Å². The lowest BCUT2D eigenvalue weighted by molar-refractivity contribution is -0.701. The van der Waals surface area contributed by atoms with Crippen molar-refractivity contribution in [1.29, 1.82) is 0 Å². The molecule has 0 unspecified atom stereocenters. The Bertz CT molecular complexity index is 182. The topological polar surface area (TPSA) is 35.3 Å². The van der Waals surface area contributed by atoms with Crippen LogP contribution in [0.2, 0.25) is 18.1 Å². The summed E-state index contributed by atoms with van der Waals surface area (Å²) >= 11 is 0. The molecule has 0 aliphatic rings. The molecule has 0 bridgehead atoms. The van der Waals surface area contributed by atoms with Crippen LogP contribution in [0.3, 0.4) is 0 Å². The largest absolute Gasteiger partial charge is 0.443 e. The van der Waals surface area contributed by atoms with Crippen LogP contribution >= 0.6 is 0 Å². The van der Waals surface area contributed by atoms with E-state index >= 15 is 0 Å². The minimum absolute atomic E-state index is 0.0820. The van der Waals surface area contributed by atoms with Crippen molar-refractivity contribution in [3.63, 3.8) is 0 Å². The normalized spacial score (nSPS) is 14.7. The lowest BCUT2D eigenvalue weighted by Gasteiger charge is -2.37. The van der Waals surface area contributed by atoms with Gasteiger partial charge in [-0.3, -0.25) is 5.21 Å². The molecule has 0 aliphatic heterocycles. The lowest BCUT2D eigenvalue weighted by Crippen LogP contribution is -2.42. The molecule has 0 saturated carbocycles. The Labute approximate surface area is 75.7 Å². The van der Waals surface area contributed by atoms with Gasteiger partial charge in [0.05, 0.1) is 0 Å². The van der Waals surface area contributed by atoms with Crippen LogP contribution in [0.5, 0.6) is 0 Å². The molecule has 0 spiro atoms. The maximum atomic E-state index is 10.9. The molecule has 72 valence electrons. The quantitative estimate of drug-likeness (QED) is 0.289. The molecule has 0 aromatic rings. The lowest BCUT2D eigenvalue weighted by atomic mass is 10.2. The van der Waals surface area contributed by atoms with Crippen molar-refractivity contribution in [2.45, 2.75) is 45.8 Å². The molecule has 0 aromatic heterocycles. The summed E-state index contributed by atoms with van der Waals surface area (Å²) in [6, 6.07) is 0. The van der Waals surface area contributed by atoms with Crippen molar-refractivity contribution in [1.82, 2.24) is 0 Å². The van der Waals surface area contributed by atoms with E-state index in [-0.39, 0.29) is 5.04 Å². The highest BCUT2D eigenvalue weighted by Crippen LogP contribution is 2.36. The van der Waals surface area contributed by atoms with Gasteiger partial charge in [-0.05, 0) is 5.04 Å². The van der Waals surface area contributed by atoms with Crippen molar-refractivity contribution in [3.05, 3.63) is 5.21 Å². The van der Waals surface area contributed by atoms with Gasteiger partial charge in [0.1, 0.15) is 0 Å². The summed E-state index contributed by atoms with van der Waals surface area (Å²) in [4.78, 5) is 0.567. The maximum Gasteiger partial charge on any atom is 0.206 e. The van der Waals surface area contributed by atoms with Crippen molar-refractivity contribution in [3.8, 4) is 0 Å². The third-order valence-corrected chi connectivity index (χ3v) is 6.58. The Kier molecular flexibility index (Phi) is 3.32. The predicted octanol–water partition coefficient (Wildman–Crippen LogP) is 2.52. The highest BCUT2D eigenvalue weighted by atomic mass is 28.4. The molecule has 0 radical (unpaired) electrons. The van der Waals surface area contributed by atoms with Gasteiger partial charge in [0.2, 0.25) is 6.21 Å². The molecule has 12 heavy (non-hydrogen) atoms. The van der Waals surface area contributed by atoms with Crippen LogP contribution in [0.15, 0.2) is 0 Å². The summed E-state index contributed by atoms with van der Waals surface area (Å²) in [6.07, 6.45) is 1.39. The first kappa shape index (κ1) is 11.5. The molecule has 0 heterocycles. The average molecular weight is 189 g/mol. The van der Waals surface area contributed by atoms with Crippen molar-refractivity contribution in [2.24, 2.45) is 0 Å². The second kappa shape index (κ2) is 3.47. The summed E-state index contributed by atoms with van der Waals surface area (Å²) in [6.45, 7) is 12.1. The summed E-state index contributed by atoms with van der Waals surface area (Å²) < 4.78 is 5.31. The van der Waals surface area contributed by atoms with Crippen LogP contribution in [0.1, 0.15) is 27.7 Å². The van der Waals surface area contributed by atoms with E-state index in [1.165, 1.54) is 6.21 Å². The molecule has 0 atom stereocenters. The number of hydrogen-bond donors (Lipinski definition) is 0. The van der Waals surface area contributed by atoms with Gasteiger partial charge in [-0.25, -0.2) is 0 Å². The summed E-state index contributed by atoms with van der Waals surface area (Å²) in [5.74, 6) is 0. The van der Waals surface area contributed by atoms with Crippen LogP contribution in [-0.4, -0.2) is 19.4 Å². The highest BCUT2D eigenvalue weighted by Gasteiger charge is 2.36. The fraction of sp³-hybridized carbons (Fsp3) is 0.875. The minimum Gasteiger partial charge on any atom is -0.443 e. The summed E-state index contributed by atoms with van der Waals surface area (Å²) in [7, 11) is -1.91. The minimum atomic E-state index is -1.91. The van der Waals surface area contributed by atoms with E-state index in [1.54, 1.807) is 6.92 Å². The molecule has 0 fully saturated rings. The van der Waals surface area contributed by atoms with Gasteiger partial charge in [-0.2, -0.15) is 0 Å². The van der Waals surface area contributed by atoms with Gasteiger partial charge in [0, 0.05) is 11.8 Å². The van der Waals surface area contributed by atoms with Crippen molar-refractivity contribution < 1.29 is 9.43 Å². The Morgan fingerprint density at radius 3 is 2.00 bits per heavy atom. The predicted molar refractivity (Wildman–Crippen MR) is 53.6 cm³/mol. The number of rotatable bonds is 2. The van der Waals surface area contributed by atoms with Gasteiger partial charge < -0.3 is 4.53 Å². The molecule has 0 amide bonds. The number of nitrogens with zero attached hydrogens (tertiary/aromatic N) is 1. The second-order valence-corrected chi connectivity index (χ2v) is 9.10. The van der Waals surface area contributed by atoms with Gasteiger partial charge in [0.15, 0.2) is 8.32 Å². The zero-order chi connectivity index (χ0) is 9.99. The molecular weight excluding hydrogens is 170 g/mol. The Hall–Kier alpha value is -0.513. The zero-order valence-corrected chi connectivity index (χ0v) is 9.84. The first-order valence-corrected chi connectivity index (χ1v) is 7.06. The van der Waals surface area contributed by atoms with Crippen LogP contribution in [0.4, 0.5) is 0 Å². The molecule has 3 nitrogen and oxygen atoms in total. The smallest absolute Gasteiger partial charge is 0.206 e. The fourth-order valence-electron chi connectivity index (χ4n) is 0.415. The summed E-state index contributed by atoms with van der Waals surface area (Å²) in [5, 5.41) is 11.0. The molecule has 0 rings (SSSR count). The molecule has 0 saturated heterocycles. The van der Waals surface area contributed by atoms with Crippen molar-refractivity contribution >= 4 is 14.5 Å². The second-order valence-electron chi connectivity index (χ2n) is 4.40. The number of hydrogen-bond acceptors (Lipinski definition) is 2. The SMILES string of the molecule is C/C=[N+](\[O-])O[Si](C)(C)C(C)(C)C. The van der Waals surface area contributed by atoms with Gasteiger partial charge in [0.25, 0.3) is 0 Å². The molecule has 0 N–H and O–H groups in total. The van der Waals surface area contributed by atoms with Gasteiger partial charge >= 0.3 is 0 Å². The zero-order valence-electron chi connectivity index (χ0n) is 8.84. The van der Waals surface area contributed by atoms with Crippen molar-refractivity contribution in [2.75, 3.05) is 0 Å². The van der Waals surface area contributed by atoms with E-state index in [1.807, 2.05) is 13.1 Å². The van der Waals surface area contributed by atoms with Crippen LogP contribution in [0, 0.1) is 5.21 Å². The maximum absolute atomic E-state index is 10.9. The Balaban J connectivity index is 4.44. The standard InChI is InChI=1S/C8H19NO2Si/c1-7-9(10)11-12(5,6)8(2,3)4/h7H,1-6H3/b9-7+. The van der Waals surface area contributed by atoms with Crippen LogP contribution in [-0.2, 0) is 4.53 Å². The molecule has 4 heteroatoms. The molecular formula is C8H19NO2Si. The van der Waals surface area contributed by atoms with Gasteiger partial charge in [-0.1, -0.05) is 33.9 Å². The van der Waals surface area contributed by atoms with E-state index in [4.69, 9.17) is 4.53 Å². The van der Waals surface area contributed by atoms with E-state index in [9.17, 15) is 5.21 Å². The Morgan fingerprint density at radius 1 is 1.33 bits per heavy atom. The first-order valence-electron chi connectivity index (χ1n) is 4.15. The third-order valence-electron chi connectivity index (χ3n) is 2.34. The average Bonchev–Trinajstić information content (AvgIpc) is 1.84. The third kappa shape index (κ3) is 2.85. The van der Waals surface area contributed by atoms with E-state index in [0.717, 1.165) is 0 Å². The first-order chi connectivity index (χ1) is 5.20. The summed E-state index contributed by atoms with van der Waals surface area (Å²) in [5.41, 5.74) is 0. The van der Waals surface area contributed by atoms with E-state index < -0.39 is 8.32 Å². The highest BCUT2D eigenvalue weighted by molar-refractivity contribution is 6.73. The van der Waals surface area contributed by atoms with Crippen LogP contribution < -0.4 is 0 Å². The molecule has 0 aliphatic carbocycles. The fourth-order valence-corrected chi connectivity index (χ4v) is 1.24. The Morgan fingerprint density at radius 2 is 1.75 bits per heavy atom. The monoisotopic (exact) mass is 189 g/mol. The van der Waals surface area contributed by atoms with E-state index in [0.29, 0.717) is 4.90 Å². The molecule has 0 aromatic carbocycles. The van der Waals surface area contributed by atoms with Gasteiger partial charge in [-0.15, -0.1) is 0 Å².